The first-order chi connectivity index (χ1) is 12.8. The number of hydrogen-bond acceptors (Lipinski definition) is 4. The Balaban J connectivity index is 2.14. The quantitative estimate of drug-likeness (QED) is 0.345. The summed E-state index contributed by atoms with van der Waals surface area (Å²) < 4.78 is 0. The summed E-state index contributed by atoms with van der Waals surface area (Å²) in [5.41, 5.74) is -0.848. The Morgan fingerprint density at radius 3 is 2.63 bits per heavy atom. The minimum atomic E-state index is -0.903. The van der Waals surface area contributed by atoms with Crippen LogP contribution in [-0.2, 0) is 9.59 Å². The molecule has 27 heavy (non-hydrogen) atoms. The highest BCUT2D eigenvalue weighted by Crippen LogP contribution is 2.56. The van der Waals surface area contributed by atoms with E-state index in [0.717, 1.165) is 19.3 Å². The zero-order chi connectivity index (χ0) is 19.9. The Hall–Kier alpha value is -1.88. The van der Waals surface area contributed by atoms with Crippen molar-refractivity contribution >= 4 is 11.7 Å². The van der Waals surface area contributed by atoms with Crippen molar-refractivity contribution in [3.63, 3.8) is 0 Å². The molecule has 5 heteroatoms. The molecule has 1 aliphatic heterocycles. The Kier molecular flexibility index (Phi) is 5.35. The smallest absolute Gasteiger partial charge is 0.261 e. The third kappa shape index (κ3) is 2.96. The fourth-order valence-corrected chi connectivity index (χ4v) is 5.35. The number of allylic oxidation sites excluding steroid dienone is 5. The molecular formula is C22H31NO4. The summed E-state index contributed by atoms with van der Waals surface area (Å²) >= 11 is 0. The van der Waals surface area contributed by atoms with E-state index in [1.807, 2.05) is 26.0 Å². The van der Waals surface area contributed by atoms with Gasteiger partial charge in [-0.05, 0) is 37.5 Å². The van der Waals surface area contributed by atoms with E-state index in [1.165, 1.54) is 11.9 Å². The predicted molar refractivity (Wildman–Crippen MR) is 104 cm³/mol. The fourth-order valence-electron chi connectivity index (χ4n) is 5.35. The van der Waals surface area contributed by atoms with Crippen LogP contribution in [-0.4, -0.2) is 46.5 Å². The number of ketones is 1. The Bertz CT molecular complexity index is 722. The van der Waals surface area contributed by atoms with Crippen LogP contribution < -0.4 is 0 Å². The Morgan fingerprint density at radius 1 is 1.33 bits per heavy atom. The maximum absolute atomic E-state index is 12.8. The molecule has 2 aliphatic carbocycles. The minimum Gasteiger partial charge on any atom is -0.511 e. The summed E-state index contributed by atoms with van der Waals surface area (Å²) in [5, 5.41) is 20.9. The largest absolute Gasteiger partial charge is 0.511 e. The van der Waals surface area contributed by atoms with E-state index in [1.54, 1.807) is 0 Å². The molecular weight excluding hydrogens is 342 g/mol. The summed E-state index contributed by atoms with van der Waals surface area (Å²) in [4.78, 5) is 26.7. The molecule has 0 bridgehead atoms. The second kappa shape index (κ2) is 7.27. The van der Waals surface area contributed by atoms with Gasteiger partial charge in [-0.2, -0.15) is 0 Å². The van der Waals surface area contributed by atoms with E-state index in [9.17, 15) is 19.8 Å². The molecule has 3 rings (SSSR count). The molecule has 0 aromatic heterocycles. The van der Waals surface area contributed by atoms with Gasteiger partial charge in [-0.25, -0.2) is 0 Å². The van der Waals surface area contributed by atoms with Crippen LogP contribution in [0.5, 0.6) is 0 Å². The molecule has 5 nitrogen and oxygen atoms in total. The first-order valence-electron chi connectivity index (χ1n) is 9.94. The van der Waals surface area contributed by atoms with Gasteiger partial charge in [0.25, 0.3) is 5.91 Å². The maximum Gasteiger partial charge on any atom is 0.261 e. The fraction of sp³-hybridized carbons (Fsp3) is 0.636. The van der Waals surface area contributed by atoms with Gasteiger partial charge >= 0.3 is 0 Å². The molecule has 6 atom stereocenters. The standard InChI is InChI=1S/C22H31NO4/c1-5-6-15-9-8-14-11-13(2)7-10-16(14)22(15,3)20(26)18-19(25)17(12-24)23(4)21(18)27/h5-6,8-9,13-17,24,26H,7,10-12H2,1-4H3/b6-5+,20-18+/t13-,14-,15-,16-,17-,22-/m1/s1. The molecule has 0 radical (unpaired) electrons. The molecule has 1 amide bonds. The molecule has 0 aromatic carbocycles. The van der Waals surface area contributed by atoms with Crippen LogP contribution in [0.3, 0.4) is 0 Å². The lowest BCUT2D eigenvalue weighted by atomic mass is 9.54. The second-order valence-electron chi connectivity index (χ2n) is 8.61. The molecule has 1 saturated carbocycles. The van der Waals surface area contributed by atoms with Gasteiger partial charge in [0.1, 0.15) is 17.4 Å². The maximum atomic E-state index is 12.8. The highest BCUT2D eigenvalue weighted by atomic mass is 16.3. The molecule has 0 spiro atoms. The average Bonchev–Trinajstić information content (AvgIpc) is 2.85. The molecule has 1 heterocycles. The van der Waals surface area contributed by atoms with Gasteiger partial charge in [0.15, 0.2) is 5.78 Å². The van der Waals surface area contributed by atoms with Crippen molar-refractivity contribution in [1.82, 2.24) is 4.90 Å². The number of carbonyl (C=O) groups is 2. The van der Waals surface area contributed by atoms with Gasteiger partial charge in [-0.3, -0.25) is 9.59 Å². The molecule has 3 aliphatic rings. The molecule has 0 aromatic rings. The average molecular weight is 373 g/mol. The van der Waals surface area contributed by atoms with Crippen molar-refractivity contribution in [3.05, 3.63) is 35.6 Å². The Labute approximate surface area is 161 Å². The van der Waals surface area contributed by atoms with E-state index < -0.39 is 29.8 Å². The molecule has 148 valence electrons. The number of hydrogen-bond donors (Lipinski definition) is 2. The number of amides is 1. The van der Waals surface area contributed by atoms with E-state index in [0.29, 0.717) is 11.8 Å². The number of nitrogens with zero attached hydrogens (tertiary/aromatic N) is 1. The van der Waals surface area contributed by atoms with Gasteiger partial charge < -0.3 is 15.1 Å². The first-order valence-corrected chi connectivity index (χ1v) is 9.94. The summed E-state index contributed by atoms with van der Waals surface area (Å²) in [7, 11) is 1.50. The SMILES string of the molecule is C/C=C/[C@@H]1C=C[C@@H]2C[C@H](C)CC[C@H]2[C@]1(C)/C(O)=C1/C(=O)[C@@H](CO)N(C)C1=O. The lowest BCUT2D eigenvalue weighted by molar-refractivity contribution is -0.126. The van der Waals surface area contributed by atoms with Gasteiger partial charge in [0.05, 0.1) is 6.61 Å². The number of aliphatic hydroxyl groups excluding tert-OH is 2. The second-order valence-corrected chi connectivity index (χ2v) is 8.61. The van der Waals surface area contributed by atoms with E-state index in [4.69, 9.17) is 0 Å². The molecule has 0 unspecified atom stereocenters. The van der Waals surface area contributed by atoms with Crippen LogP contribution in [0.1, 0.15) is 40.0 Å². The van der Waals surface area contributed by atoms with Crippen LogP contribution in [0.4, 0.5) is 0 Å². The highest BCUT2D eigenvalue weighted by molar-refractivity contribution is 6.26. The number of likely N-dealkylation sites (tertiary alicyclic amines) is 1. The van der Waals surface area contributed by atoms with Crippen molar-refractivity contribution in [3.8, 4) is 0 Å². The minimum absolute atomic E-state index is 0.0799. The number of carbonyl (C=O) groups excluding carboxylic acids is 2. The summed E-state index contributed by atoms with van der Waals surface area (Å²) in [6.45, 7) is 5.75. The Morgan fingerprint density at radius 2 is 2.04 bits per heavy atom. The predicted octanol–water partition coefficient (Wildman–Crippen LogP) is 3.02. The van der Waals surface area contributed by atoms with Crippen molar-refractivity contribution < 1.29 is 19.8 Å². The van der Waals surface area contributed by atoms with E-state index in [-0.39, 0.29) is 23.2 Å². The van der Waals surface area contributed by atoms with Crippen molar-refractivity contribution in [2.24, 2.45) is 29.1 Å². The molecule has 2 N–H and O–H groups in total. The topological polar surface area (TPSA) is 77.8 Å². The van der Waals surface area contributed by atoms with Crippen LogP contribution in [0, 0.1) is 29.1 Å². The highest BCUT2D eigenvalue weighted by Gasteiger charge is 2.53. The third-order valence-corrected chi connectivity index (χ3v) is 7.06. The molecule has 1 saturated heterocycles. The van der Waals surface area contributed by atoms with Gasteiger partial charge in [-0.1, -0.05) is 44.6 Å². The lowest BCUT2D eigenvalue weighted by Crippen LogP contribution is -2.45. The number of fused-ring (bicyclic) bond motifs is 1. The van der Waals surface area contributed by atoms with Crippen LogP contribution in [0.2, 0.25) is 0 Å². The summed E-state index contributed by atoms with van der Waals surface area (Å²) in [6.07, 6.45) is 11.5. The van der Waals surface area contributed by atoms with E-state index >= 15 is 0 Å². The van der Waals surface area contributed by atoms with Gasteiger partial charge in [0, 0.05) is 18.4 Å². The normalized spacial score (nSPS) is 41.4. The number of Topliss-reactive ketones (excluding diaryl/α,β-unsaturated/α-hetero) is 1. The van der Waals surface area contributed by atoms with E-state index in [2.05, 4.69) is 19.1 Å². The van der Waals surface area contributed by atoms with Gasteiger partial charge in [-0.15, -0.1) is 0 Å². The molecule has 2 fully saturated rings. The lowest BCUT2D eigenvalue weighted by Gasteiger charge is -2.50. The number of rotatable bonds is 3. The van der Waals surface area contributed by atoms with Crippen LogP contribution >= 0.6 is 0 Å². The number of likely N-dealkylation sites (N-methyl/N-ethyl adjacent to an activating group) is 1. The van der Waals surface area contributed by atoms with Crippen molar-refractivity contribution in [1.29, 1.82) is 0 Å². The van der Waals surface area contributed by atoms with Crippen molar-refractivity contribution in [2.45, 2.75) is 46.1 Å². The summed E-state index contributed by atoms with van der Waals surface area (Å²) in [6, 6.07) is -0.903. The third-order valence-electron chi connectivity index (χ3n) is 7.06. The van der Waals surface area contributed by atoms with Crippen LogP contribution in [0.25, 0.3) is 0 Å². The van der Waals surface area contributed by atoms with Crippen molar-refractivity contribution in [2.75, 3.05) is 13.7 Å². The van der Waals surface area contributed by atoms with Gasteiger partial charge in [0.2, 0.25) is 0 Å². The zero-order valence-corrected chi connectivity index (χ0v) is 16.7. The monoisotopic (exact) mass is 373 g/mol. The first kappa shape index (κ1) is 19.9. The number of aliphatic hydroxyl groups is 2. The zero-order valence-electron chi connectivity index (χ0n) is 16.7. The van der Waals surface area contributed by atoms with Crippen LogP contribution in [0.15, 0.2) is 35.6 Å². The summed E-state index contributed by atoms with van der Waals surface area (Å²) in [5.74, 6) is -0.00752.